The van der Waals surface area contributed by atoms with Gasteiger partial charge in [0.15, 0.2) is 0 Å². The summed E-state index contributed by atoms with van der Waals surface area (Å²) >= 11 is 0. The monoisotopic (exact) mass is 262 g/mol. The Kier molecular flexibility index (Phi) is 5.62. The second-order valence-electron chi connectivity index (χ2n) is 4.34. The van der Waals surface area contributed by atoms with Crippen molar-refractivity contribution in [1.82, 2.24) is 0 Å². The van der Waals surface area contributed by atoms with Crippen LogP contribution in [0.5, 0.6) is 0 Å². The number of quaternary nitrogens is 1. The minimum absolute atomic E-state index is 0.333. The molecule has 0 amide bonds. The van der Waals surface area contributed by atoms with Crippen molar-refractivity contribution >= 4 is 0 Å². The quantitative estimate of drug-likeness (QED) is 0.760. The summed E-state index contributed by atoms with van der Waals surface area (Å²) in [5.74, 6) is 0. The van der Waals surface area contributed by atoms with E-state index >= 15 is 0 Å². The van der Waals surface area contributed by atoms with Crippen LogP contribution >= 0.6 is 0 Å². The molecule has 2 nitrogen and oxygen atoms in total. The molecule has 0 unspecified atom stereocenters. The van der Waals surface area contributed by atoms with Crippen LogP contribution in [0.4, 0.5) is 13.2 Å². The molecule has 0 spiro atoms. The Morgan fingerprint density at radius 2 is 1.89 bits per heavy atom. The first-order valence-electron chi connectivity index (χ1n) is 6.09. The Morgan fingerprint density at radius 1 is 1.17 bits per heavy atom. The minimum Gasteiger partial charge on any atom is -0.388 e. The van der Waals surface area contributed by atoms with Gasteiger partial charge in [0, 0.05) is 0 Å². The molecule has 5 heteroatoms. The summed E-state index contributed by atoms with van der Waals surface area (Å²) in [5.41, 5.74) is 3.33. The molecule has 1 atom stereocenters. The molecular formula is C13H19F3NO+. The Balaban J connectivity index is 2.60. The second kappa shape index (κ2) is 6.75. The highest BCUT2D eigenvalue weighted by Gasteiger charge is 2.30. The molecule has 4 N–H and O–H groups in total. The number of hydrogen-bond acceptors (Lipinski definition) is 1. The zero-order valence-electron chi connectivity index (χ0n) is 10.2. The summed E-state index contributed by atoms with van der Waals surface area (Å²) in [7, 11) is 0. The molecule has 0 bridgehead atoms. The summed E-state index contributed by atoms with van der Waals surface area (Å²) in [6.07, 6.45) is -1.97. The summed E-state index contributed by atoms with van der Waals surface area (Å²) in [4.78, 5) is 0. The normalized spacial score (nSPS) is 13.6. The fourth-order valence-electron chi connectivity index (χ4n) is 1.78. The van der Waals surface area contributed by atoms with E-state index in [1.165, 1.54) is 12.1 Å². The lowest BCUT2D eigenvalue weighted by Crippen LogP contribution is -2.50. The average Bonchev–Trinajstić information content (AvgIpc) is 2.33. The van der Waals surface area contributed by atoms with Crippen LogP contribution < -0.4 is 5.73 Å². The zero-order chi connectivity index (χ0) is 13.6. The van der Waals surface area contributed by atoms with Crippen molar-refractivity contribution in [3.05, 3.63) is 35.4 Å². The molecule has 0 aliphatic carbocycles. The third kappa shape index (κ3) is 4.66. The van der Waals surface area contributed by atoms with Crippen molar-refractivity contribution < 1.29 is 24.0 Å². The van der Waals surface area contributed by atoms with Crippen LogP contribution in [0.15, 0.2) is 24.3 Å². The third-order valence-corrected chi connectivity index (χ3v) is 2.83. The van der Waals surface area contributed by atoms with Gasteiger partial charge in [-0.1, -0.05) is 18.6 Å². The van der Waals surface area contributed by atoms with E-state index < -0.39 is 17.8 Å². The van der Waals surface area contributed by atoms with Crippen molar-refractivity contribution in [3.63, 3.8) is 0 Å². The van der Waals surface area contributed by atoms with Crippen molar-refractivity contribution in [2.45, 2.75) is 38.0 Å². The van der Waals surface area contributed by atoms with Crippen molar-refractivity contribution in [2.24, 2.45) is 0 Å². The van der Waals surface area contributed by atoms with Crippen molar-refractivity contribution in [1.29, 1.82) is 0 Å². The Hall–Kier alpha value is -1.07. The number of halogens is 3. The average molecular weight is 262 g/mol. The maximum atomic E-state index is 12.5. The van der Waals surface area contributed by atoms with Gasteiger partial charge in [-0.25, -0.2) is 0 Å². The SMILES string of the molecule is [NH3+]CCCCC[C@H](O)c1cccc(C(F)(F)F)c1. The molecule has 1 rings (SSSR count). The van der Waals surface area contributed by atoms with Gasteiger partial charge in [-0.3, -0.25) is 0 Å². The Labute approximate surface area is 105 Å². The summed E-state index contributed by atoms with van der Waals surface area (Å²) in [6.45, 7) is 0.847. The first kappa shape index (κ1) is 15.0. The minimum atomic E-state index is -4.36. The van der Waals surface area contributed by atoms with Crippen LogP contribution in [-0.2, 0) is 6.18 Å². The molecule has 0 aromatic heterocycles. The molecule has 18 heavy (non-hydrogen) atoms. The standard InChI is InChI=1S/C13H18F3NO/c14-13(15,16)11-6-4-5-10(9-11)12(18)7-2-1-3-8-17/h4-6,9,12,18H,1-3,7-8,17H2/p+1/t12-/m0/s1. The van der Waals surface area contributed by atoms with E-state index in [9.17, 15) is 18.3 Å². The molecule has 0 heterocycles. The third-order valence-electron chi connectivity index (χ3n) is 2.83. The number of alkyl halides is 3. The van der Waals surface area contributed by atoms with Gasteiger partial charge >= 0.3 is 6.18 Å². The van der Waals surface area contributed by atoms with E-state index in [1.54, 1.807) is 0 Å². The summed E-state index contributed by atoms with van der Waals surface area (Å²) in [6, 6.07) is 4.89. The lowest BCUT2D eigenvalue weighted by molar-refractivity contribution is -0.368. The van der Waals surface area contributed by atoms with Gasteiger partial charge in [-0.05, 0) is 37.0 Å². The molecule has 0 aliphatic rings. The molecule has 0 radical (unpaired) electrons. The highest BCUT2D eigenvalue weighted by Crippen LogP contribution is 2.31. The molecule has 0 fully saturated rings. The predicted molar refractivity (Wildman–Crippen MR) is 62.6 cm³/mol. The molecule has 0 saturated heterocycles. The molecular weight excluding hydrogens is 243 g/mol. The molecule has 0 aliphatic heterocycles. The maximum absolute atomic E-state index is 12.5. The molecule has 0 saturated carbocycles. The fourth-order valence-corrected chi connectivity index (χ4v) is 1.78. The highest BCUT2D eigenvalue weighted by atomic mass is 19.4. The topological polar surface area (TPSA) is 47.9 Å². The number of rotatable bonds is 6. The number of hydrogen-bond donors (Lipinski definition) is 2. The number of unbranched alkanes of at least 4 members (excludes halogenated alkanes) is 2. The molecule has 1 aromatic carbocycles. The van der Waals surface area contributed by atoms with Crippen molar-refractivity contribution in [3.8, 4) is 0 Å². The van der Waals surface area contributed by atoms with Crippen LogP contribution in [0.2, 0.25) is 0 Å². The van der Waals surface area contributed by atoms with Gasteiger partial charge in [-0.15, -0.1) is 0 Å². The van der Waals surface area contributed by atoms with Crippen LogP contribution in [0.3, 0.4) is 0 Å². The fraction of sp³-hybridized carbons (Fsp3) is 0.538. The van der Waals surface area contributed by atoms with E-state index in [4.69, 9.17) is 0 Å². The highest BCUT2D eigenvalue weighted by molar-refractivity contribution is 5.27. The van der Waals surface area contributed by atoms with Gasteiger partial charge in [0.2, 0.25) is 0 Å². The molecule has 1 aromatic rings. The largest absolute Gasteiger partial charge is 0.416 e. The molecule has 102 valence electrons. The van der Waals surface area contributed by atoms with Gasteiger partial charge < -0.3 is 10.8 Å². The summed E-state index contributed by atoms with van der Waals surface area (Å²) < 4.78 is 37.5. The van der Waals surface area contributed by atoms with Crippen LogP contribution in [0, 0.1) is 0 Å². The van der Waals surface area contributed by atoms with E-state index in [0.717, 1.165) is 37.9 Å². The summed E-state index contributed by atoms with van der Waals surface area (Å²) in [5, 5.41) is 9.83. The number of aliphatic hydroxyl groups is 1. The van der Waals surface area contributed by atoms with Crippen LogP contribution in [0.1, 0.15) is 42.9 Å². The lowest BCUT2D eigenvalue weighted by Gasteiger charge is -2.13. The van der Waals surface area contributed by atoms with Crippen LogP contribution in [0.25, 0.3) is 0 Å². The van der Waals surface area contributed by atoms with Gasteiger partial charge in [-0.2, -0.15) is 13.2 Å². The Bertz CT molecular complexity index is 365. The zero-order valence-corrected chi connectivity index (χ0v) is 10.2. The van der Waals surface area contributed by atoms with Gasteiger partial charge in [0.25, 0.3) is 0 Å². The first-order chi connectivity index (χ1) is 8.45. The van der Waals surface area contributed by atoms with E-state index in [1.807, 2.05) is 0 Å². The van der Waals surface area contributed by atoms with E-state index in [2.05, 4.69) is 5.73 Å². The van der Waals surface area contributed by atoms with E-state index in [-0.39, 0.29) is 0 Å². The first-order valence-corrected chi connectivity index (χ1v) is 6.09. The lowest BCUT2D eigenvalue weighted by atomic mass is 10.0. The maximum Gasteiger partial charge on any atom is 0.416 e. The van der Waals surface area contributed by atoms with Crippen LogP contribution in [-0.4, -0.2) is 11.7 Å². The number of benzene rings is 1. The Morgan fingerprint density at radius 3 is 2.50 bits per heavy atom. The second-order valence-corrected chi connectivity index (χ2v) is 4.34. The van der Waals surface area contributed by atoms with Crippen molar-refractivity contribution in [2.75, 3.05) is 6.54 Å². The number of aliphatic hydroxyl groups excluding tert-OH is 1. The van der Waals surface area contributed by atoms with Gasteiger partial charge in [0.1, 0.15) is 0 Å². The van der Waals surface area contributed by atoms with Gasteiger partial charge in [0.05, 0.1) is 18.2 Å². The van der Waals surface area contributed by atoms with E-state index in [0.29, 0.717) is 12.0 Å². The smallest absolute Gasteiger partial charge is 0.388 e. The predicted octanol–water partition coefficient (Wildman–Crippen LogP) is 2.54.